The van der Waals surface area contributed by atoms with Crippen molar-refractivity contribution in [2.45, 2.75) is 59.2 Å². The average Bonchev–Trinajstić information content (AvgIpc) is 3.34. The van der Waals surface area contributed by atoms with Crippen molar-refractivity contribution in [2.24, 2.45) is 5.92 Å². The molecule has 0 bridgehead atoms. The lowest BCUT2D eigenvalue weighted by Gasteiger charge is -2.21. The van der Waals surface area contributed by atoms with Crippen LogP contribution in [0, 0.1) is 19.8 Å². The Labute approximate surface area is 185 Å². The lowest BCUT2D eigenvalue weighted by atomic mass is 10.1. The summed E-state index contributed by atoms with van der Waals surface area (Å²) in [7, 11) is 0. The minimum atomic E-state index is -4.42. The lowest BCUT2D eigenvalue weighted by molar-refractivity contribution is -0.141. The second-order valence-electron chi connectivity index (χ2n) is 8.17. The highest BCUT2D eigenvalue weighted by atomic mass is 35.5. The van der Waals surface area contributed by atoms with Gasteiger partial charge in [0.25, 0.3) is 0 Å². The highest BCUT2D eigenvalue weighted by molar-refractivity contribution is 7.11. The molecule has 1 aromatic carbocycles. The molecule has 0 aliphatic heterocycles. The number of anilines is 1. The highest BCUT2D eigenvalue weighted by Crippen LogP contribution is 2.36. The van der Waals surface area contributed by atoms with E-state index in [9.17, 15) is 13.2 Å². The monoisotopic (exact) mass is 459 g/mol. The second kappa shape index (κ2) is 9.88. The molecule has 1 aromatic heterocycles. The molecule has 0 spiro atoms. The molecule has 0 radical (unpaired) electrons. The first-order valence-corrected chi connectivity index (χ1v) is 11.7. The van der Waals surface area contributed by atoms with E-state index in [1.165, 1.54) is 24.2 Å². The fourth-order valence-electron chi connectivity index (χ4n) is 3.69. The number of nitrogens with one attached hydrogen (secondary N) is 1. The minimum Gasteiger partial charge on any atom is -0.383 e. The molecule has 2 aromatic rings. The van der Waals surface area contributed by atoms with E-state index >= 15 is 0 Å². The predicted molar refractivity (Wildman–Crippen MR) is 119 cm³/mol. The van der Waals surface area contributed by atoms with Crippen molar-refractivity contribution in [3.63, 3.8) is 0 Å². The number of aryl methyl sites for hydroxylation is 2. The van der Waals surface area contributed by atoms with Gasteiger partial charge in [-0.3, -0.25) is 4.90 Å². The van der Waals surface area contributed by atoms with Crippen LogP contribution >= 0.6 is 22.9 Å². The van der Waals surface area contributed by atoms with E-state index in [4.69, 9.17) is 11.6 Å². The molecular formula is C22H29ClF3N3S. The van der Waals surface area contributed by atoms with Crippen LogP contribution in [0.2, 0.25) is 5.02 Å². The number of halogens is 4. The largest absolute Gasteiger partial charge is 0.434 e. The van der Waals surface area contributed by atoms with Gasteiger partial charge in [-0.15, -0.1) is 11.3 Å². The van der Waals surface area contributed by atoms with Crippen molar-refractivity contribution < 1.29 is 13.2 Å². The maximum atomic E-state index is 13.6. The Kier molecular flexibility index (Phi) is 7.69. The number of hydrogen-bond donors (Lipinski definition) is 1. The van der Waals surface area contributed by atoms with Crippen LogP contribution in [-0.4, -0.2) is 29.5 Å². The molecule has 1 heterocycles. The van der Waals surface area contributed by atoms with Crippen LogP contribution in [0.15, 0.2) is 12.1 Å². The van der Waals surface area contributed by atoms with Gasteiger partial charge in [-0.25, -0.2) is 4.98 Å². The van der Waals surface area contributed by atoms with E-state index in [0.29, 0.717) is 40.3 Å². The molecule has 30 heavy (non-hydrogen) atoms. The van der Waals surface area contributed by atoms with Gasteiger partial charge in [0.05, 0.1) is 20.6 Å². The summed E-state index contributed by atoms with van der Waals surface area (Å²) in [5, 5.41) is 4.39. The first-order chi connectivity index (χ1) is 14.2. The van der Waals surface area contributed by atoms with Crippen LogP contribution in [-0.2, 0) is 19.1 Å². The normalized spacial score (nSPS) is 14.5. The molecule has 1 N–H and O–H groups in total. The maximum Gasteiger partial charge on any atom is 0.434 e. The number of alkyl halides is 3. The van der Waals surface area contributed by atoms with E-state index in [0.717, 1.165) is 36.3 Å². The number of rotatable bonds is 10. The van der Waals surface area contributed by atoms with Crippen LogP contribution in [0.4, 0.5) is 18.9 Å². The quantitative estimate of drug-likeness (QED) is 0.428. The molecule has 0 saturated heterocycles. The summed E-state index contributed by atoms with van der Waals surface area (Å²) in [6, 6.07) is 3.90. The Bertz CT molecular complexity index is 839. The SMILES string of the molecule is CCCN(Cc1sc(CCNc2c(C)cc(C)cc2Cl)nc1C(F)(F)F)CC1CC1. The Morgan fingerprint density at radius 1 is 1.27 bits per heavy atom. The summed E-state index contributed by atoms with van der Waals surface area (Å²) in [6.45, 7) is 8.50. The van der Waals surface area contributed by atoms with Gasteiger partial charge in [0.15, 0.2) is 5.69 Å². The third-order valence-corrected chi connectivity index (χ3v) is 6.60. The Morgan fingerprint density at radius 3 is 2.60 bits per heavy atom. The molecule has 0 unspecified atom stereocenters. The van der Waals surface area contributed by atoms with E-state index in [1.54, 1.807) is 0 Å². The zero-order valence-corrected chi connectivity index (χ0v) is 19.3. The Hall–Kier alpha value is -1.31. The number of aromatic nitrogens is 1. The molecule has 3 rings (SSSR count). The second-order valence-corrected chi connectivity index (χ2v) is 9.75. The summed E-state index contributed by atoms with van der Waals surface area (Å²) in [6.07, 6.45) is -0.695. The lowest BCUT2D eigenvalue weighted by Crippen LogP contribution is -2.27. The van der Waals surface area contributed by atoms with Crippen molar-refractivity contribution in [2.75, 3.05) is 25.0 Å². The standard InChI is InChI=1S/C22H29ClF3N3S/c1-4-9-29(12-16-5-6-16)13-18-21(22(24,25)26)28-19(30-18)7-8-27-20-15(3)10-14(2)11-17(20)23/h10-11,16,27H,4-9,12-13H2,1-3H3. The van der Waals surface area contributed by atoms with E-state index in [-0.39, 0.29) is 0 Å². The van der Waals surface area contributed by atoms with Crippen LogP contribution in [0.1, 0.15) is 52.9 Å². The highest BCUT2D eigenvalue weighted by Gasteiger charge is 2.38. The zero-order chi connectivity index (χ0) is 21.9. The molecule has 1 fully saturated rings. The van der Waals surface area contributed by atoms with Crippen LogP contribution in [0.5, 0.6) is 0 Å². The van der Waals surface area contributed by atoms with Crippen molar-refractivity contribution >= 4 is 28.6 Å². The smallest absolute Gasteiger partial charge is 0.383 e. The molecule has 8 heteroatoms. The van der Waals surface area contributed by atoms with Crippen molar-refractivity contribution in [3.8, 4) is 0 Å². The number of thiazole rings is 1. The van der Waals surface area contributed by atoms with Gasteiger partial charge in [0, 0.05) is 26.1 Å². The van der Waals surface area contributed by atoms with Crippen molar-refractivity contribution in [3.05, 3.63) is 43.9 Å². The molecule has 1 aliphatic carbocycles. The van der Waals surface area contributed by atoms with Crippen LogP contribution in [0.3, 0.4) is 0 Å². The first kappa shape index (κ1) is 23.4. The molecule has 1 saturated carbocycles. The van der Waals surface area contributed by atoms with Crippen molar-refractivity contribution in [1.29, 1.82) is 0 Å². The third-order valence-electron chi connectivity index (χ3n) is 5.20. The van der Waals surface area contributed by atoms with E-state index in [2.05, 4.69) is 22.1 Å². The summed E-state index contributed by atoms with van der Waals surface area (Å²) < 4.78 is 40.8. The predicted octanol–water partition coefficient (Wildman–Crippen LogP) is 6.71. The molecule has 3 nitrogen and oxygen atoms in total. The molecule has 166 valence electrons. The first-order valence-electron chi connectivity index (χ1n) is 10.5. The van der Waals surface area contributed by atoms with Gasteiger partial charge in [-0.1, -0.05) is 24.6 Å². The molecule has 1 aliphatic rings. The maximum absolute atomic E-state index is 13.6. The average molecular weight is 460 g/mol. The van der Waals surface area contributed by atoms with Crippen LogP contribution in [0.25, 0.3) is 0 Å². The van der Waals surface area contributed by atoms with Gasteiger partial charge in [-0.05, 0) is 62.8 Å². The summed E-state index contributed by atoms with van der Waals surface area (Å²) in [5.74, 6) is 0.643. The summed E-state index contributed by atoms with van der Waals surface area (Å²) >= 11 is 7.50. The summed E-state index contributed by atoms with van der Waals surface area (Å²) in [4.78, 5) is 6.45. The van der Waals surface area contributed by atoms with Crippen LogP contribution < -0.4 is 5.32 Å². The molecule has 0 amide bonds. The molecule has 0 atom stereocenters. The third kappa shape index (κ3) is 6.34. The molecular weight excluding hydrogens is 431 g/mol. The Morgan fingerprint density at radius 2 is 2.00 bits per heavy atom. The van der Waals surface area contributed by atoms with E-state index < -0.39 is 11.9 Å². The number of hydrogen-bond acceptors (Lipinski definition) is 4. The van der Waals surface area contributed by atoms with Gasteiger partial charge >= 0.3 is 6.18 Å². The Balaban J connectivity index is 1.69. The van der Waals surface area contributed by atoms with Gasteiger partial charge in [-0.2, -0.15) is 13.2 Å². The zero-order valence-electron chi connectivity index (χ0n) is 17.7. The van der Waals surface area contributed by atoms with Gasteiger partial charge in [0.2, 0.25) is 0 Å². The van der Waals surface area contributed by atoms with E-state index in [1.807, 2.05) is 26.0 Å². The number of benzene rings is 1. The minimum absolute atomic E-state index is 0.327. The van der Waals surface area contributed by atoms with Gasteiger partial charge < -0.3 is 5.32 Å². The fourth-order valence-corrected chi connectivity index (χ4v) is 5.21. The fraction of sp³-hybridized carbons (Fsp3) is 0.591. The van der Waals surface area contributed by atoms with Gasteiger partial charge in [0.1, 0.15) is 0 Å². The number of nitrogens with zero attached hydrogens (tertiary/aromatic N) is 2. The summed E-state index contributed by atoms with van der Waals surface area (Å²) in [5.41, 5.74) is 2.20. The van der Waals surface area contributed by atoms with Crippen molar-refractivity contribution in [1.82, 2.24) is 9.88 Å². The topological polar surface area (TPSA) is 28.2 Å².